The predicted molar refractivity (Wildman–Crippen MR) is 157 cm³/mol. The minimum atomic E-state index is 0.637. The minimum absolute atomic E-state index is 0.637. The zero-order chi connectivity index (χ0) is 25.5. The number of hydrogen-bond acceptors (Lipinski definition) is 2. The van der Waals surface area contributed by atoms with Crippen LogP contribution in [-0.2, 0) is 0 Å². The molecule has 0 aliphatic rings. The molecule has 6 aromatic carbocycles. The molecule has 0 saturated heterocycles. The number of aromatic nitrogens is 2. The lowest BCUT2D eigenvalue weighted by Crippen LogP contribution is -1.93. The third kappa shape index (κ3) is 3.77. The van der Waals surface area contributed by atoms with Crippen LogP contribution in [0.2, 0.25) is 0 Å². The summed E-state index contributed by atoms with van der Waals surface area (Å²) in [6.07, 6.45) is 1.90. The van der Waals surface area contributed by atoms with Crippen molar-refractivity contribution in [2.75, 3.05) is 0 Å². The molecule has 0 aliphatic carbocycles. The number of rotatable bonds is 3. The molecule has 3 nitrogen and oxygen atoms in total. The van der Waals surface area contributed by atoms with Gasteiger partial charge in [0.1, 0.15) is 0 Å². The van der Waals surface area contributed by atoms with E-state index in [2.05, 4.69) is 77.6 Å². The number of benzene rings is 6. The first-order valence-corrected chi connectivity index (χ1v) is 12.5. The van der Waals surface area contributed by atoms with Gasteiger partial charge < -0.3 is 0 Å². The molecule has 0 N–H and O–H groups in total. The van der Waals surface area contributed by atoms with Crippen molar-refractivity contribution in [3.05, 3.63) is 139 Å². The molecule has 1 aromatic heterocycles. The molecule has 0 saturated carbocycles. The molecule has 1 heterocycles. The average molecular weight is 484 g/mol. The smallest absolute Gasteiger partial charge is 0.187 e. The van der Waals surface area contributed by atoms with E-state index in [0.717, 1.165) is 49.5 Å². The van der Waals surface area contributed by atoms with Gasteiger partial charge in [-0.15, -0.1) is 0 Å². The molecule has 0 aliphatic heterocycles. The van der Waals surface area contributed by atoms with Crippen molar-refractivity contribution in [2.45, 2.75) is 0 Å². The molecule has 38 heavy (non-hydrogen) atoms. The van der Waals surface area contributed by atoms with Gasteiger partial charge in [-0.25, -0.2) is 14.8 Å². The summed E-state index contributed by atoms with van der Waals surface area (Å²) in [6, 6.07) is 41.8. The van der Waals surface area contributed by atoms with Crippen molar-refractivity contribution in [3.8, 4) is 33.6 Å². The summed E-state index contributed by atoms with van der Waals surface area (Å²) in [5.41, 5.74) is 7.01. The van der Waals surface area contributed by atoms with Gasteiger partial charge >= 0.3 is 0 Å². The van der Waals surface area contributed by atoms with Crippen LogP contribution in [0, 0.1) is 6.57 Å². The second kappa shape index (κ2) is 8.96. The van der Waals surface area contributed by atoms with Gasteiger partial charge in [-0.1, -0.05) is 91.0 Å². The molecule has 0 bridgehead atoms. The van der Waals surface area contributed by atoms with Crippen LogP contribution in [0.3, 0.4) is 0 Å². The summed E-state index contributed by atoms with van der Waals surface area (Å²) >= 11 is 0. The standard InChI is InChI=1S/C35H21N3/c1-36-29-16-14-23(15-17-29)31-19-24-8-2-3-9-25(24)20-32(31)28-18-26-10-4-6-12-30(26)33(21-28)35-37-22-27-11-5-7-13-34(27)38-35/h2-22H. The van der Waals surface area contributed by atoms with E-state index in [9.17, 15) is 0 Å². The van der Waals surface area contributed by atoms with Crippen LogP contribution in [0.15, 0.2) is 128 Å². The zero-order valence-corrected chi connectivity index (χ0v) is 20.5. The summed E-state index contributed by atoms with van der Waals surface area (Å²) < 4.78 is 0. The van der Waals surface area contributed by atoms with Gasteiger partial charge in [-0.3, -0.25) is 0 Å². The normalized spacial score (nSPS) is 11.1. The van der Waals surface area contributed by atoms with Crippen LogP contribution in [0.5, 0.6) is 0 Å². The van der Waals surface area contributed by atoms with Crippen LogP contribution in [0.1, 0.15) is 0 Å². The maximum Gasteiger partial charge on any atom is 0.187 e. The van der Waals surface area contributed by atoms with E-state index in [0.29, 0.717) is 11.5 Å². The fourth-order valence-electron chi connectivity index (χ4n) is 5.19. The quantitative estimate of drug-likeness (QED) is 0.234. The molecule has 3 heteroatoms. The highest BCUT2D eigenvalue weighted by molar-refractivity contribution is 6.03. The fraction of sp³-hybridized carbons (Fsp3) is 0. The fourth-order valence-corrected chi connectivity index (χ4v) is 5.19. The van der Waals surface area contributed by atoms with Crippen LogP contribution >= 0.6 is 0 Å². The van der Waals surface area contributed by atoms with Crippen LogP contribution in [0.4, 0.5) is 5.69 Å². The monoisotopic (exact) mass is 483 g/mol. The molecule has 176 valence electrons. The topological polar surface area (TPSA) is 30.1 Å². The Labute approximate surface area is 220 Å². The highest BCUT2D eigenvalue weighted by Crippen LogP contribution is 2.40. The van der Waals surface area contributed by atoms with E-state index in [1.54, 1.807) is 0 Å². The van der Waals surface area contributed by atoms with E-state index < -0.39 is 0 Å². The Morgan fingerprint density at radius 1 is 0.526 bits per heavy atom. The summed E-state index contributed by atoms with van der Waals surface area (Å²) in [4.78, 5) is 13.3. The van der Waals surface area contributed by atoms with Gasteiger partial charge in [0.2, 0.25) is 0 Å². The van der Waals surface area contributed by atoms with Gasteiger partial charge in [0, 0.05) is 17.1 Å². The third-order valence-electron chi connectivity index (χ3n) is 7.10. The van der Waals surface area contributed by atoms with Gasteiger partial charge in [-0.05, 0) is 74.1 Å². The van der Waals surface area contributed by atoms with E-state index in [-0.39, 0.29) is 0 Å². The number of nitrogens with zero attached hydrogens (tertiary/aromatic N) is 3. The zero-order valence-electron chi connectivity index (χ0n) is 20.5. The first-order chi connectivity index (χ1) is 18.8. The minimum Gasteiger partial charge on any atom is -0.238 e. The highest BCUT2D eigenvalue weighted by Gasteiger charge is 2.15. The lowest BCUT2D eigenvalue weighted by atomic mass is 9.89. The van der Waals surface area contributed by atoms with E-state index >= 15 is 0 Å². The summed E-state index contributed by atoms with van der Waals surface area (Å²) in [6.45, 7) is 7.35. The van der Waals surface area contributed by atoms with Crippen molar-refractivity contribution in [3.63, 3.8) is 0 Å². The maximum atomic E-state index is 7.35. The Balaban J connectivity index is 1.51. The average Bonchev–Trinajstić information content (AvgIpc) is 2.99. The summed E-state index contributed by atoms with van der Waals surface area (Å²) in [7, 11) is 0. The SMILES string of the molecule is [C-]#[N+]c1ccc(-c2cc3ccccc3cc2-c2cc(-c3ncc4ccccc4n3)c3ccccc3c2)cc1. The molecule has 7 rings (SSSR count). The molecular weight excluding hydrogens is 462 g/mol. The lowest BCUT2D eigenvalue weighted by molar-refractivity contribution is 1.23. The molecular formula is C35H21N3. The van der Waals surface area contributed by atoms with Gasteiger partial charge in [0.05, 0.1) is 12.1 Å². The Hall–Kier alpha value is -5.33. The molecule has 0 spiro atoms. The Morgan fingerprint density at radius 3 is 1.89 bits per heavy atom. The molecule has 0 unspecified atom stereocenters. The van der Waals surface area contributed by atoms with Crippen molar-refractivity contribution in [2.24, 2.45) is 0 Å². The Kier molecular flexibility index (Phi) is 5.17. The largest absolute Gasteiger partial charge is 0.238 e. The maximum absolute atomic E-state index is 7.35. The third-order valence-corrected chi connectivity index (χ3v) is 7.10. The van der Waals surface area contributed by atoms with Crippen molar-refractivity contribution < 1.29 is 0 Å². The van der Waals surface area contributed by atoms with Crippen LogP contribution < -0.4 is 0 Å². The number of fused-ring (bicyclic) bond motifs is 3. The molecule has 7 aromatic rings. The molecule has 0 radical (unpaired) electrons. The summed E-state index contributed by atoms with van der Waals surface area (Å²) in [5, 5.41) is 5.64. The van der Waals surface area contributed by atoms with Crippen molar-refractivity contribution >= 4 is 38.1 Å². The van der Waals surface area contributed by atoms with Gasteiger partial charge in [0.15, 0.2) is 11.5 Å². The highest BCUT2D eigenvalue weighted by atomic mass is 14.9. The van der Waals surface area contributed by atoms with E-state index in [1.165, 1.54) is 10.8 Å². The Morgan fingerprint density at radius 2 is 1.16 bits per heavy atom. The molecule has 0 atom stereocenters. The molecule has 0 amide bonds. The summed E-state index contributed by atoms with van der Waals surface area (Å²) in [5.74, 6) is 0.713. The number of para-hydroxylation sites is 1. The second-order valence-electron chi connectivity index (χ2n) is 9.40. The second-order valence-corrected chi connectivity index (χ2v) is 9.40. The van der Waals surface area contributed by atoms with Crippen molar-refractivity contribution in [1.29, 1.82) is 0 Å². The predicted octanol–water partition coefficient (Wildman–Crippen LogP) is 9.49. The van der Waals surface area contributed by atoms with Crippen molar-refractivity contribution in [1.82, 2.24) is 9.97 Å². The lowest BCUT2D eigenvalue weighted by Gasteiger charge is -2.16. The van der Waals surface area contributed by atoms with Crippen LogP contribution in [0.25, 0.3) is 70.9 Å². The number of hydrogen-bond donors (Lipinski definition) is 0. The Bertz CT molecular complexity index is 2030. The van der Waals surface area contributed by atoms with E-state index in [4.69, 9.17) is 16.5 Å². The van der Waals surface area contributed by atoms with Crippen LogP contribution in [-0.4, -0.2) is 9.97 Å². The molecule has 0 fully saturated rings. The van der Waals surface area contributed by atoms with Gasteiger partial charge in [-0.2, -0.15) is 0 Å². The van der Waals surface area contributed by atoms with E-state index in [1.807, 2.05) is 54.7 Å². The first-order valence-electron chi connectivity index (χ1n) is 12.5. The first kappa shape index (κ1) is 21.9. The van der Waals surface area contributed by atoms with Gasteiger partial charge in [0.25, 0.3) is 0 Å².